The highest BCUT2D eigenvalue weighted by atomic mass is 32.2. The molecule has 0 amide bonds. The summed E-state index contributed by atoms with van der Waals surface area (Å²) in [6.45, 7) is 0.630. The lowest BCUT2D eigenvalue weighted by Crippen LogP contribution is -2.04. The summed E-state index contributed by atoms with van der Waals surface area (Å²) in [5, 5.41) is 0. The van der Waals surface area contributed by atoms with Crippen molar-refractivity contribution < 1.29 is 4.74 Å². The van der Waals surface area contributed by atoms with Crippen molar-refractivity contribution in [2.45, 2.75) is 11.3 Å². The van der Waals surface area contributed by atoms with E-state index in [9.17, 15) is 0 Å². The Balaban J connectivity index is 2.28. The van der Waals surface area contributed by atoms with Crippen molar-refractivity contribution in [1.82, 2.24) is 0 Å². The Hall–Kier alpha value is -1.45. The van der Waals surface area contributed by atoms with Gasteiger partial charge in [-0.2, -0.15) is 0 Å². The summed E-state index contributed by atoms with van der Waals surface area (Å²) in [7, 11) is 0. The van der Waals surface area contributed by atoms with Gasteiger partial charge in [0.15, 0.2) is 0 Å². The summed E-state index contributed by atoms with van der Waals surface area (Å²) < 4.78 is 6.01. The molecule has 2 N–H and O–H groups in total. The summed E-state index contributed by atoms with van der Waals surface area (Å²) in [5.41, 5.74) is 6.77. The first-order valence-electron chi connectivity index (χ1n) is 5.94. The van der Waals surface area contributed by atoms with Crippen LogP contribution in [-0.4, -0.2) is 12.8 Å². The van der Waals surface area contributed by atoms with Crippen LogP contribution in [0.3, 0.4) is 0 Å². The Morgan fingerprint density at radius 2 is 1.67 bits per heavy atom. The van der Waals surface area contributed by atoms with E-state index in [4.69, 9.17) is 10.5 Å². The van der Waals surface area contributed by atoms with E-state index >= 15 is 0 Å². The molecule has 0 saturated carbocycles. The number of nitrogens with two attached hydrogens (primary N) is 1. The lowest BCUT2D eigenvalue weighted by Gasteiger charge is -2.12. The van der Waals surface area contributed by atoms with Crippen LogP contribution in [0.15, 0.2) is 53.4 Å². The van der Waals surface area contributed by atoms with Gasteiger partial charge in [0.2, 0.25) is 0 Å². The lowest BCUT2D eigenvalue weighted by atomic mass is 10.1. The molecule has 0 heterocycles. The maximum absolute atomic E-state index is 6.01. The zero-order chi connectivity index (χ0) is 12.8. The van der Waals surface area contributed by atoms with E-state index in [0.29, 0.717) is 6.54 Å². The second kappa shape index (κ2) is 6.47. The highest BCUT2D eigenvalue weighted by molar-refractivity contribution is 7.98. The van der Waals surface area contributed by atoms with Crippen LogP contribution < -0.4 is 10.5 Å². The highest BCUT2D eigenvalue weighted by Crippen LogP contribution is 2.32. The zero-order valence-corrected chi connectivity index (χ0v) is 11.2. The number of benzene rings is 2. The Kier molecular flexibility index (Phi) is 4.67. The third-order valence-corrected chi connectivity index (χ3v) is 3.45. The van der Waals surface area contributed by atoms with Gasteiger partial charge in [-0.25, -0.2) is 0 Å². The van der Waals surface area contributed by atoms with Crippen LogP contribution in [0.4, 0.5) is 0 Å². The molecule has 2 aromatic carbocycles. The molecule has 0 aliphatic carbocycles. The molecule has 2 nitrogen and oxygen atoms in total. The summed E-state index contributed by atoms with van der Waals surface area (Å²) >= 11 is 1.68. The molecule has 0 bridgehead atoms. The van der Waals surface area contributed by atoms with Crippen molar-refractivity contribution in [2.24, 2.45) is 5.73 Å². The summed E-state index contributed by atoms with van der Waals surface area (Å²) in [6.07, 6.45) is 2.88. The first kappa shape index (κ1) is 13.0. The second-order valence-corrected chi connectivity index (χ2v) is 4.75. The Bertz CT molecular complexity index is 513. The van der Waals surface area contributed by atoms with Crippen molar-refractivity contribution >= 4 is 11.8 Å². The number of thioether (sulfide) groups is 1. The van der Waals surface area contributed by atoms with Crippen molar-refractivity contribution in [2.75, 3.05) is 12.8 Å². The van der Waals surface area contributed by atoms with E-state index in [0.717, 1.165) is 28.4 Å². The minimum Gasteiger partial charge on any atom is -0.456 e. The topological polar surface area (TPSA) is 35.2 Å². The molecule has 2 rings (SSSR count). The fourth-order valence-electron chi connectivity index (χ4n) is 1.79. The van der Waals surface area contributed by atoms with E-state index in [-0.39, 0.29) is 0 Å². The fraction of sp³-hybridized carbons (Fsp3) is 0.200. The Morgan fingerprint density at radius 1 is 1.00 bits per heavy atom. The molecule has 3 heteroatoms. The third-order valence-electron chi connectivity index (χ3n) is 2.68. The molecular formula is C15H17NOS. The molecule has 0 aromatic heterocycles. The molecular weight excluding hydrogens is 242 g/mol. The first-order chi connectivity index (χ1) is 8.85. The van der Waals surface area contributed by atoms with Crippen LogP contribution in [-0.2, 0) is 6.42 Å². The number of hydrogen-bond acceptors (Lipinski definition) is 3. The highest BCUT2D eigenvalue weighted by Gasteiger charge is 2.06. The second-order valence-electron chi connectivity index (χ2n) is 3.90. The zero-order valence-electron chi connectivity index (χ0n) is 10.4. The first-order valence-corrected chi connectivity index (χ1v) is 7.16. The van der Waals surface area contributed by atoms with E-state index in [1.807, 2.05) is 42.7 Å². The molecule has 0 saturated heterocycles. The number of hydrogen-bond donors (Lipinski definition) is 1. The maximum atomic E-state index is 6.01. The largest absolute Gasteiger partial charge is 0.456 e. The van der Waals surface area contributed by atoms with Crippen LogP contribution in [0.1, 0.15) is 5.56 Å². The van der Waals surface area contributed by atoms with Crippen LogP contribution in [0.2, 0.25) is 0 Å². The quantitative estimate of drug-likeness (QED) is 0.831. The summed E-state index contributed by atoms with van der Waals surface area (Å²) in [6, 6.07) is 16.1. The van der Waals surface area contributed by atoms with Gasteiger partial charge in [0.25, 0.3) is 0 Å². The van der Waals surface area contributed by atoms with E-state index < -0.39 is 0 Å². The van der Waals surface area contributed by atoms with Crippen LogP contribution in [0, 0.1) is 0 Å². The van der Waals surface area contributed by atoms with Gasteiger partial charge in [-0.05, 0) is 43.0 Å². The summed E-state index contributed by atoms with van der Waals surface area (Å²) in [5.74, 6) is 1.79. The minimum atomic E-state index is 0.630. The van der Waals surface area contributed by atoms with Gasteiger partial charge in [-0.15, -0.1) is 11.8 Å². The maximum Gasteiger partial charge on any atom is 0.140 e. The summed E-state index contributed by atoms with van der Waals surface area (Å²) in [4.78, 5) is 1.14. The van der Waals surface area contributed by atoms with Crippen LogP contribution in [0.25, 0.3) is 0 Å². The molecule has 18 heavy (non-hydrogen) atoms. The van der Waals surface area contributed by atoms with Crippen molar-refractivity contribution in [3.8, 4) is 11.5 Å². The standard InChI is InChI=1S/C15H17NOS/c1-18-15-9-5-4-8-14(15)17-13-7-3-2-6-12(13)10-11-16/h2-9H,10-11,16H2,1H3. The van der Waals surface area contributed by atoms with Crippen molar-refractivity contribution in [3.05, 3.63) is 54.1 Å². The monoisotopic (exact) mass is 259 g/mol. The molecule has 2 aromatic rings. The molecule has 94 valence electrons. The third kappa shape index (κ3) is 3.06. The molecule has 0 aliphatic heterocycles. The van der Waals surface area contributed by atoms with Crippen LogP contribution >= 0.6 is 11.8 Å². The predicted octanol–water partition coefficient (Wildman–Crippen LogP) is 3.70. The average molecular weight is 259 g/mol. The molecule has 0 fully saturated rings. The number of rotatable bonds is 5. The van der Waals surface area contributed by atoms with Crippen molar-refractivity contribution in [1.29, 1.82) is 0 Å². The van der Waals surface area contributed by atoms with Gasteiger partial charge in [-0.3, -0.25) is 0 Å². The molecule has 0 aliphatic rings. The van der Waals surface area contributed by atoms with Gasteiger partial charge in [-0.1, -0.05) is 30.3 Å². The van der Waals surface area contributed by atoms with Gasteiger partial charge >= 0.3 is 0 Å². The molecule has 0 spiro atoms. The van der Waals surface area contributed by atoms with Gasteiger partial charge in [0, 0.05) is 4.90 Å². The number of ether oxygens (including phenoxy) is 1. The van der Waals surface area contributed by atoms with Crippen molar-refractivity contribution in [3.63, 3.8) is 0 Å². The van der Waals surface area contributed by atoms with Crippen LogP contribution in [0.5, 0.6) is 11.5 Å². The molecule has 0 radical (unpaired) electrons. The lowest BCUT2D eigenvalue weighted by molar-refractivity contribution is 0.465. The van der Waals surface area contributed by atoms with E-state index in [1.165, 1.54) is 0 Å². The predicted molar refractivity (Wildman–Crippen MR) is 77.5 cm³/mol. The normalized spacial score (nSPS) is 10.3. The molecule has 0 unspecified atom stereocenters. The van der Waals surface area contributed by atoms with Gasteiger partial charge in [0.05, 0.1) is 0 Å². The fourth-order valence-corrected chi connectivity index (χ4v) is 2.31. The Morgan fingerprint density at radius 3 is 2.39 bits per heavy atom. The SMILES string of the molecule is CSc1ccccc1Oc1ccccc1CCN. The Labute approximate surface area is 112 Å². The minimum absolute atomic E-state index is 0.630. The van der Waals surface area contributed by atoms with E-state index in [1.54, 1.807) is 11.8 Å². The van der Waals surface area contributed by atoms with E-state index in [2.05, 4.69) is 12.1 Å². The smallest absolute Gasteiger partial charge is 0.140 e. The average Bonchev–Trinajstić information content (AvgIpc) is 2.42. The van der Waals surface area contributed by atoms with Gasteiger partial charge in [0.1, 0.15) is 11.5 Å². The molecule has 0 atom stereocenters. The number of para-hydroxylation sites is 2. The van der Waals surface area contributed by atoms with Gasteiger partial charge < -0.3 is 10.5 Å².